The van der Waals surface area contributed by atoms with Crippen LogP contribution >= 0.6 is 11.3 Å². The molecular formula is C27H31N7O3S. The number of carbonyl (C=O) groups excluding carboxylic acids is 2. The van der Waals surface area contributed by atoms with Gasteiger partial charge in [0.05, 0.1) is 23.1 Å². The van der Waals surface area contributed by atoms with Gasteiger partial charge in [0.25, 0.3) is 5.91 Å². The Morgan fingerprint density at radius 1 is 1.21 bits per heavy atom. The van der Waals surface area contributed by atoms with Crippen molar-refractivity contribution in [1.29, 1.82) is 0 Å². The maximum atomic E-state index is 12.9. The molecule has 11 heteroatoms. The van der Waals surface area contributed by atoms with Crippen molar-refractivity contribution < 1.29 is 14.7 Å². The Balaban J connectivity index is 1.48. The first kappa shape index (κ1) is 25.9. The average molecular weight is 534 g/mol. The van der Waals surface area contributed by atoms with Crippen molar-refractivity contribution in [3.63, 3.8) is 0 Å². The van der Waals surface area contributed by atoms with Crippen LogP contribution in [0.4, 0.5) is 5.82 Å². The number of hydrogen-bond acceptors (Lipinski definition) is 9. The van der Waals surface area contributed by atoms with E-state index in [1.807, 2.05) is 24.4 Å². The summed E-state index contributed by atoms with van der Waals surface area (Å²) in [5.41, 5.74) is 8.82. The Kier molecular flexibility index (Phi) is 6.74. The topological polar surface area (TPSA) is 140 Å². The van der Waals surface area contributed by atoms with Crippen molar-refractivity contribution in [2.24, 2.45) is 0 Å². The fraction of sp³-hybridized carbons (Fsp3) is 0.407. The molecule has 3 N–H and O–H groups in total. The Bertz CT molecular complexity index is 1490. The molecule has 1 aliphatic heterocycles. The lowest BCUT2D eigenvalue weighted by Crippen LogP contribution is -2.50. The van der Waals surface area contributed by atoms with Crippen LogP contribution in [-0.4, -0.2) is 63.9 Å². The summed E-state index contributed by atoms with van der Waals surface area (Å²) in [4.78, 5) is 41.1. The number of aliphatic hydroxyl groups is 1. The highest BCUT2D eigenvalue weighted by Gasteiger charge is 2.40. The number of fused-ring (bicyclic) bond motifs is 1. The van der Waals surface area contributed by atoms with Gasteiger partial charge in [0, 0.05) is 41.0 Å². The van der Waals surface area contributed by atoms with E-state index in [4.69, 9.17) is 10.7 Å². The predicted molar refractivity (Wildman–Crippen MR) is 146 cm³/mol. The van der Waals surface area contributed by atoms with E-state index in [0.717, 1.165) is 34.7 Å². The molecule has 10 nitrogen and oxygen atoms in total. The molecule has 198 valence electrons. The normalized spacial score (nSPS) is 17.9. The van der Waals surface area contributed by atoms with Crippen LogP contribution in [0.3, 0.4) is 0 Å². The van der Waals surface area contributed by atoms with E-state index in [-0.39, 0.29) is 29.6 Å². The molecule has 2 atom stereocenters. The summed E-state index contributed by atoms with van der Waals surface area (Å²) < 4.78 is 1.49. The van der Waals surface area contributed by atoms with Crippen LogP contribution < -0.4 is 5.73 Å². The predicted octanol–water partition coefficient (Wildman–Crippen LogP) is 3.78. The lowest BCUT2D eigenvalue weighted by molar-refractivity contribution is -0.150. The number of rotatable bonds is 7. The average Bonchev–Trinajstić information content (AvgIpc) is 3.62. The van der Waals surface area contributed by atoms with Crippen LogP contribution in [0.5, 0.6) is 0 Å². The lowest BCUT2D eigenvalue weighted by atomic mass is 10.0. The molecule has 1 aliphatic rings. The first-order valence-corrected chi connectivity index (χ1v) is 13.5. The highest BCUT2D eigenvalue weighted by atomic mass is 32.1. The molecule has 0 aromatic carbocycles. The van der Waals surface area contributed by atoms with E-state index < -0.39 is 5.60 Å². The number of Topliss-reactive ketones (excluding diaryl/α,β-unsaturated/α-hetero) is 1. The quantitative estimate of drug-likeness (QED) is 0.342. The van der Waals surface area contributed by atoms with Gasteiger partial charge in [-0.25, -0.2) is 9.97 Å². The van der Waals surface area contributed by atoms with Crippen molar-refractivity contribution >= 4 is 34.5 Å². The molecule has 4 aromatic rings. The van der Waals surface area contributed by atoms with Crippen LogP contribution in [-0.2, 0) is 11.2 Å². The number of pyridine rings is 1. The van der Waals surface area contributed by atoms with Gasteiger partial charge in [0.2, 0.25) is 0 Å². The monoisotopic (exact) mass is 533 g/mol. The fourth-order valence-electron chi connectivity index (χ4n) is 5.20. The third-order valence-corrected chi connectivity index (χ3v) is 7.89. The number of aromatic nitrogens is 5. The molecule has 0 bridgehead atoms. The second kappa shape index (κ2) is 9.88. The molecule has 0 radical (unpaired) electrons. The number of hydrogen-bond donors (Lipinski definition) is 2. The third-order valence-electron chi connectivity index (χ3n) is 7.09. The number of carbonyl (C=O) groups is 2. The number of ketones is 1. The first-order chi connectivity index (χ1) is 18.1. The minimum atomic E-state index is -1.45. The van der Waals surface area contributed by atoms with Crippen LogP contribution in [0, 0.1) is 0 Å². The van der Waals surface area contributed by atoms with E-state index in [0.29, 0.717) is 29.7 Å². The van der Waals surface area contributed by atoms with Gasteiger partial charge in [-0.15, -0.1) is 11.3 Å². The van der Waals surface area contributed by atoms with Gasteiger partial charge in [-0.2, -0.15) is 9.61 Å². The van der Waals surface area contributed by atoms with Crippen molar-refractivity contribution in [2.75, 3.05) is 5.73 Å². The van der Waals surface area contributed by atoms with Gasteiger partial charge in [0.15, 0.2) is 11.4 Å². The zero-order chi connectivity index (χ0) is 27.2. The summed E-state index contributed by atoms with van der Waals surface area (Å²) in [6, 6.07) is 3.82. The summed E-state index contributed by atoms with van der Waals surface area (Å²) in [7, 11) is 0. The SMILES string of the molecule is CC(=O)c1c(CCC2CCC(C)N2C(=O)C(C)(C)O)nc2c(-c3ccc(-c4nccs4)nc3)cnn2c1N. The van der Waals surface area contributed by atoms with E-state index in [2.05, 4.69) is 15.1 Å². The standard InChI is InChI=1S/C27H31N7O3S/c1-15-5-7-18(33(15)26(36)27(3,4)37)8-10-20-22(16(2)35)23(28)34-24(32-20)19(14-31-34)17-6-9-21(30-13-17)25-29-11-12-38-25/h6,9,11-15,18,37H,5,7-8,10,28H2,1-4H3. The van der Waals surface area contributed by atoms with Gasteiger partial charge < -0.3 is 15.7 Å². The number of amides is 1. The van der Waals surface area contributed by atoms with Crippen LogP contribution in [0.15, 0.2) is 36.1 Å². The summed E-state index contributed by atoms with van der Waals surface area (Å²) >= 11 is 1.52. The highest BCUT2D eigenvalue weighted by molar-refractivity contribution is 7.13. The van der Waals surface area contributed by atoms with E-state index in [1.54, 1.807) is 23.5 Å². The number of likely N-dealkylation sites (tertiary alicyclic amines) is 1. The highest BCUT2D eigenvalue weighted by Crippen LogP contribution is 2.32. The molecule has 4 aromatic heterocycles. The van der Waals surface area contributed by atoms with Gasteiger partial charge in [-0.05, 0) is 59.4 Å². The zero-order valence-electron chi connectivity index (χ0n) is 21.9. The smallest absolute Gasteiger partial charge is 0.254 e. The van der Waals surface area contributed by atoms with Gasteiger partial charge in [0.1, 0.15) is 16.4 Å². The molecule has 2 unspecified atom stereocenters. The second-order valence-electron chi connectivity index (χ2n) is 10.3. The van der Waals surface area contributed by atoms with E-state index in [9.17, 15) is 14.7 Å². The maximum Gasteiger partial charge on any atom is 0.254 e. The summed E-state index contributed by atoms with van der Waals surface area (Å²) in [5.74, 6) is -0.239. The number of anilines is 1. The van der Waals surface area contributed by atoms with E-state index in [1.165, 1.54) is 36.6 Å². The molecule has 5 heterocycles. The number of nitrogens with two attached hydrogens (primary N) is 1. The molecule has 0 aliphatic carbocycles. The minimum absolute atomic E-state index is 0.0352. The van der Waals surface area contributed by atoms with E-state index >= 15 is 0 Å². The van der Waals surface area contributed by atoms with Crippen LogP contribution in [0.1, 0.15) is 63.0 Å². The Morgan fingerprint density at radius 3 is 2.63 bits per heavy atom. The number of aryl methyl sites for hydroxylation is 1. The van der Waals surface area contributed by atoms with Gasteiger partial charge >= 0.3 is 0 Å². The summed E-state index contributed by atoms with van der Waals surface area (Å²) in [6.45, 7) is 6.50. The van der Waals surface area contributed by atoms with Gasteiger partial charge in [-0.3, -0.25) is 14.6 Å². The third kappa shape index (κ3) is 4.67. The molecular weight excluding hydrogens is 502 g/mol. The number of thiazole rings is 1. The first-order valence-electron chi connectivity index (χ1n) is 12.6. The maximum absolute atomic E-state index is 12.9. The number of nitrogen functional groups attached to an aromatic ring is 1. The van der Waals surface area contributed by atoms with Crippen molar-refractivity contribution in [2.45, 2.75) is 71.1 Å². The van der Waals surface area contributed by atoms with Crippen molar-refractivity contribution in [3.05, 3.63) is 47.4 Å². The molecule has 5 rings (SSSR count). The summed E-state index contributed by atoms with van der Waals surface area (Å²) in [5, 5.41) is 17.5. The largest absolute Gasteiger partial charge is 0.383 e. The lowest BCUT2D eigenvalue weighted by Gasteiger charge is -2.33. The van der Waals surface area contributed by atoms with Crippen LogP contribution in [0.25, 0.3) is 27.5 Å². The molecule has 1 saturated heterocycles. The fourth-order valence-corrected chi connectivity index (χ4v) is 5.82. The minimum Gasteiger partial charge on any atom is -0.383 e. The molecule has 1 fully saturated rings. The molecule has 0 saturated carbocycles. The zero-order valence-corrected chi connectivity index (χ0v) is 22.7. The summed E-state index contributed by atoms with van der Waals surface area (Å²) in [6.07, 6.45) is 7.91. The van der Waals surface area contributed by atoms with Gasteiger partial charge in [-0.1, -0.05) is 6.07 Å². The molecule has 38 heavy (non-hydrogen) atoms. The Hall–Kier alpha value is -3.70. The molecule has 0 spiro atoms. The number of nitrogens with zero attached hydrogens (tertiary/aromatic N) is 6. The molecule has 1 amide bonds. The van der Waals surface area contributed by atoms with Crippen molar-refractivity contribution in [3.8, 4) is 21.8 Å². The van der Waals surface area contributed by atoms with Crippen molar-refractivity contribution in [1.82, 2.24) is 29.5 Å². The second-order valence-corrected chi connectivity index (χ2v) is 11.2. The van der Waals surface area contributed by atoms with Crippen LogP contribution in [0.2, 0.25) is 0 Å². The Labute approximate surface area is 224 Å². The Morgan fingerprint density at radius 2 is 2.00 bits per heavy atom.